The van der Waals surface area contributed by atoms with E-state index in [1.807, 2.05) is 48.5 Å². The maximum atomic E-state index is 13.1. The number of benzene rings is 2. The van der Waals surface area contributed by atoms with Crippen LogP contribution in [0.15, 0.2) is 54.6 Å². The number of nitrogens with zero attached hydrogens (tertiary/aromatic N) is 4. The molecule has 1 aromatic heterocycles. The monoisotopic (exact) mass is 410 g/mol. The normalized spacial score (nSPS) is 13.4. The van der Waals surface area contributed by atoms with Gasteiger partial charge in [0.1, 0.15) is 5.82 Å². The lowest BCUT2D eigenvalue weighted by Crippen LogP contribution is -2.36. The predicted molar refractivity (Wildman–Crippen MR) is 111 cm³/mol. The van der Waals surface area contributed by atoms with Crippen molar-refractivity contribution in [3.8, 4) is 5.69 Å². The van der Waals surface area contributed by atoms with E-state index in [1.54, 1.807) is 15.6 Å². The van der Waals surface area contributed by atoms with E-state index in [1.165, 1.54) is 0 Å². The fraction of sp³-hybridized carbons (Fsp3) is 0.318. The summed E-state index contributed by atoms with van der Waals surface area (Å²) in [7, 11) is 0. The Bertz CT molecular complexity index is 985. The number of para-hydroxylation sites is 1. The van der Waals surface area contributed by atoms with Crippen molar-refractivity contribution in [2.75, 3.05) is 19.7 Å². The Balaban J connectivity index is 1.59. The molecule has 0 atom stereocenters. The van der Waals surface area contributed by atoms with E-state index in [-0.39, 0.29) is 24.9 Å². The van der Waals surface area contributed by atoms with Crippen molar-refractivity contribution < 1.29 is 9.90 Å². The van der Waals surface area contributed by atoms with Gasteiger partial charge < -0.3 is 10.0 Å². The van der Waals surface area contributed by atoms with E-state index < -0.39 is 0 Å². The summed E-state index contributed by atoms with van der Waals surface area (Å²) in [5, 5.41) is 14.5. The highest BCUT2D eigenvalue weighted by Gasteiger charge is 2.32. The van der Waals surface area contributed by atoms with Crippen molar-refractivity contribution in [3.63, 3.8) is 0 Å². The van der Waals surface area contributed by atoms with Crippen molar-refractivity contribution in [2.24, 2.45) is 0 Å². The molecule has 7 heteroatoms. The Labute approximate surface area is 174 Å². The van der Waals surface area contributed by atoms with Gasteiger partial charge >= 0.3 is 0 Å². The molecule has 1 aliphatic rings. The number of aliphatic hydroxyl groups excluding tert-OH is 1. The van der Waals surface area contributed by atoms with E-state index in [2.05, 4.69) is 10.1 Å². The largest absolute Gasteiger partial charge is 0.395 e. The molecule has 1 amide bonds. The third kappa shape index (κ3) is 4.49. The average molecular weight is 411 g/mol. The first kappa shape index (κ1) is 19.6. The van der Waals surface area contributed by atoms with E-state index in [4.69, 9.17) is 11.6 Å². The molecule has 3 aromatic rings. The number of hydrogen-bond acceptors (Lipinski definition) is 4. The third-order valence-corrected chi connectivity index (χ3v) is 5.34. The molecule has 1 saturated carbocycles. The first-order chi connectivity index (χ1) is 14.2. The maximum Gasteiger partial charge on any atom is 0.293 e. The SMILES string of the molecule is O=C(c1nc(C2CC2)n(-c2ccccc2Cl)n1)N(CCO)CCc1ccccc1. The molecule has 0 aliphatic heterocycles. The van der Waals surface area contributed by atoms with E-state index in [0.29, 0.717) is 23.9 Å². The van der Waals surface area contributed by atoms with Crippen LogP contribution in [0.5, 0.6) is 0 Å². The number of hydrogen-bond donors (Lipinski definition) is 1. The summed E-state index contributed by atoms with van der Waals surface area (Å²) in [5.74, 6) is 0.945. The fourth-order valence-corrected chi connectivity index (χ4v) is 3.52. The molecule has 4 rings (SSSR count). The molecule has 0 spiro atoms. The molecule has 1 N–H and O–H groups in total. The van der Waals surface area contributed by atoms with Gasteiger partial charge in [0.15, 0.2) is 0 Å². The van der Waals surface area contributed by atoms with Gasteiger partial charge in [-0.05, 0) is 37.0 Å². The number of halogens is 1. The van der Waals surface area contributed by atoms with Crippen molar-refractivity contribution in [2.45, 2.75) is 25.2 Å². The van der Waals surface area contributed by atoms with E-state index >= 15 is 0 Å². The van der Waals surface area contributed by atoms with Crippen LogP contribution < -0.4 is 0 Å². The highest BCUT2D eigenvalue weighted by atomic mass is 35.5. The van der Waals surface area contributed by atoms with Gasteiger partial charge in [-0.3, -0.25) is 4.79 Å². The molecule has 1 heterocycles. The molecule has 0 radical (unpaired) electrons. The summed E-state index contributed by atoms with van der Waals surface area (Å²) in [6.07, 6.45) is 2.77. The smallest absolute Gasteiger partial charge is 0.293 e. The van der Waals surface area contributed by atoms with Crippen LogP contribution in [-0.4, -0.2) is 50.4 Å². The Morgan fingerprint density at radius 3 is 2.52 bits per heavy atom. The van der Waals surface area contributed by atoms with Crippen molar-refractivity contribution in [1.82, 2.24) is 19.7 Å². The Morgan fingerprint density at radius 1 is 1.10 bits per heavy atom. The molecule has 1 aliphatic carbocycles. The summed E-state index contributed by atoms with van der Waals surface area (Å²) in [5.41, 5.74) is 1.86. The maximum absolute atomic E-state index is 13.1. The number of carbonyl (C=O) groups excluding carboxylic acids is 1. The van der Waals surface area contributed by atoms with Gasteiger partial charge in [0.25, 0.3) is 5.91 Å². The summed E-state index contributed by atoms with van der Waals surface area (Å²) in [6.45, 7) is 0.620. The standard InChI is InChI=1S/C22H23ClN4O2/c23-18-8-4-5-9-19(18)27-21(17-10-11-17)24-20(25-27)22(29)26(14-15-28)13-12-16-6-2-1-3-7-16/h1-9,17,28H,10-15H2. The summed E-state index contributed by atoms with van der Waals surface area (Å²) >= 11 is 6.36. The van der Waals surface area contributed by atoms with Crippen LogP contribution in [0.1, 0.15) is 40.8 Å². The molecule has 2 aromatic carbocycles. The summed E-state index contributed by atoms with van der Waals surface area (Å²) in [6, 6.07) is 17.4. The van der Waals surface area contributed by atoms with Gasteiger partial charge in [-0.2, -0.15) is 0 Å². The van der Waals surface area contributed by atoms with Crippen LogP contribution in [0.25, 0.3) is 5.69 Å². The number of carbonyl (C=O) groups is 1. The van der Waals surface area contributed by atoms with Gasteiger partial charge in [0.05, 0.1) is 17.3 Å². The minimum atomic E-state index is -0.275. The average Bonchev–Trinajstić information content (AvgIpc) is 3.50. The zero-order valence-corrected chi connectivity index (χ0v) is 16.8. The van der Waals surface area contributed by atoms with Crippen LogP contribution in [-0.2, 0) is 6.42 Å². The Kier molecular flexibility index (Phi) is 5.92. The van der Waals surface area contributed by atoms with Crippen LogP contribution in [0, 0.1) is 0 Å². The van der Waals surface area contributed by atoms with E-state index in [9.17, 15) is 9.90 Å². The molecule has 29 heavy (non-hydrogen) atoms. The zero-order chi connectivity index (χ0) is 20.2. The molecule has 150 valence electrons. The molecule has 6 nitrogen and oxygen atoms in total. The fourth-order valence-electron chi connectivity index (χ4n) is 3.31. The van der Waals surface area contributed by atoms with Crippen molar-refractivity contribution >= 4 is 17.5 Å². The first-order valence-corrected chi connectivity index (χ1v) is 10.2. The highest BCUT2D eigenvalue weighted by molar-refractivity contribution is 6.32. The Hall–Kier alpha value is -2.70. The highest BCUT2D eigenvalue weighted by Crippen LogP contribution is 2.40. The molecule has 0 unspecified atom stereocenters. The van der Waals surface area contributed by atoms with Crippen LogP contribution >= 0.6 is 11.6 Å². The van der Waals surface area contributed by atoms with E-state index in [0.717, 1.165) is 29.9 Å². The third-order valence-electron chi connectivity index (χ3n) is 5.02. The minimum absolute atomic E-state index is 0.110. The van der Waals surface area contributed by atoms with Gasteiger partial charge in [0, 0.05) is 19.0 Å². The number of amides is 1. The Morgan fingerprint density at radius 2 is 1.83 bits per heavy atom. The van der Waals surface area contributed by atoms with Crippen molar-refractivity contribution in [1.29, 1.82) is 0 Å². The summed E-state index contributed by atoms with van der Waals surface area (Å²) in [4.78, 5) is 19.3. The van der Waals surface area contributed by atoms with Gasteiger partial charge in [0.2, 0.25) is 5.82 Å². The number of rotatable bonds is 8. The second-order valence-electron chi connectivity index (χ2n) is 7.18. The predicted octanol–water partition coefficient (Wildman–Crippen LogP) is 3.48. The molecule has 0 saturated heterocycles. The van der Waals surface area contributed by atoms with Crippen molar-refractivity contribution in [3.05, 3.63) is 76.8 Å². The molecular formula is C22H23ClN4O2. The zero-order valence-electron chi connectivity index (χ0n) is 16.0. The van der Waals surface area contributed by atoms with Crippen LogP contribution in [0.3, 0.4) is 0 Å². The van der Waals surface area contributed by atoms with Gasteiger partial charge in [-0.25, -0.2) is 9.67 Å². The summed E-state index contributed by atoms with van der Waals surface area (Å²) < 4.78 is 1.70. The molecule has 1 fully saturated rings. The lowest BCUT2D eigenvalue weighted by atomic mass is 10.1. The number of aromatic nitrogens is 3. The molecule has 0 bridgehead atoms. The van der Waals surface area contributed by atoms with Gasteiger partial charge in [-0.15, -0.1) is 5.10 Å². The van der Waals surface area contributed by atoms with Crippen LogP contribution in [0.2, 0.25) is 5.02 Å². The molecular weight excluding hydrogens is 388 g/mol. The van der Waals surface area contributed by atoms with Crippen LogP contribution in [0.4, 0.5) is 0 Å². The second kappa shape index (κ2) is 8.76. The topological polar surface area (TPSA) is 71.2 Å². The minimum Gasteiger partial charge on any atom is -0.395 e. The van der Waals surface area contributed by atoms with Gasteiger partial charge in [-0.1, -0.05) is 54.1 Å². The second-order valence-corrected chi connectivity index (χ2v) is 7.59. The quantitative estimate of drug-likeness (QED) is 0.617. The first-order valence-electron chi connectivity index (χ1n) is 9.83. The lowest BCUT2D eigenvalue weighted by molar-refractivity contribution is 0.0712. The lowest BCUT2D eigenvalue weighted by Gasteiger charge is -2.20. The number of aliphatic hydroxyl groups is 1.